The Morgan fingerprint density at radius 3 is 2.31 bits per heavy atom. The lowest BCUT2D eigenvalue weighted by Crippen LogP contribution is -2.44. The zero-order chi connectivity index (χ0) is 31.7. The van der Waals surface area contributed by atoms with Gasteiger partial charge in [0.1, 0.15) is 11.6 Å². The van der Waals surface area contributed by atoms with E-state index in [1.54, 1.807) is 12.1 Å². The van der Waals surface area contributed by atoms with Crippen LogP contribution in [0.3, 0.4) is 0 Å². The number of carbonyl (C=O) groups is 1. The number of hydrogen-bond donors (Lipinski definition) is 3. The predicted octanol–water partition coefficient (Wildman–Crippen LogP) is 6.97. The van der Waals surface area contributed by atoms with E-state index >= 15 is 0 Å². The second-order valence-electron chi connectivity index (χ2n) is 12.1. The van der Waals surface area contributed by atoms with Crippen LogP contribution in [0.4, 0.5) is 39.1 Å². The third-order valence-corrected chi connectivity index (χ3v) is 8.86. The van der Waals surface area contributed by atoms with Crippen LogP contribution in [0, 0.1) is 17.6 Å². The number of benzene rings is 3. The van der Waals surface area contributed by atoms with Gasteiger partial charge in [-0.1, -0.05) is 6.07 Å². The van der Waals surface area contributed by atoms with Gasteiger partial charge in [0.05, 0.1) is 17.0 Å². The van der Waals surface area contributed by atoms with Crippen LogP contribution in [-0.2, 0) is 6.42 Å². The molecule has 1 aliphatic carbocycles. The number of nitrogens with zero attached hydrogens (tertiary/aromatic N) is 3. The monoisotopic (exact) mass is 626 g/mol. The molecule has 1 aromatic heterocycles. The Kier molecular flexibility index (Phi) is 8.67. The molecular weight excluding hydrogens is 591 g/mol. The summed E-state index contributed by atoms with van der Waals surface area (Å²) in [5.41, 5.74) is 3.78. The maximum absolute atomic E-state index is 13.7. The number of nitrogens with one attached hydrogen (secondary N) is 3. The van der Waals surface area contributed by atoms with Gasteiger partial charge in [-0.05, 0) is 92.7 Å². The lowest BCUT2D eigenvalue weighted by atomic mass is 9.85. The van der Waals surface area contributed by atoms with Crippen molar-refractivity contribution < 1.29 is 26.7 Å². The van der Waals surface area contributed by atoms with Gasteiger partial charge < -0.3 is 20.4 Å². The quantitative estimate of drug-likeness (QED) is 0.193. The number of piperazine rings is 1. The first kappa shape index (κ1) is 30.8. The highest BCUT2D eigenvalue weighted by Crippen LogP contribution is 2.39. The minimum absolute atomic E-state index is 0.0463. The standard InChI is InChI=1S/C33H35F5N6O/c1-43-10-12-44(13-11-43)26-7-8-27(30(19-26)39-25-5-3-22(4-6-25)33(36,37)38)32(45)40-31-28-17-20(2-9-29(28)41-42-31)14-21-15-23(34)18-24(35)16-21/h2,7-9,15-19,22,25,39H,3-6,10-14H2,1H3,(H2,40,41,42,45)/t22-,25-. The fraction of sp³-hybridized carbons (Fsp3) is 0.394. The van der Waals surface area contributed by atoms with E-state index in [9.17, 15) is 26.7 Å². The third-order valence-electron chi connectivity index (χ3n) is 8.86. The minimum atomic E-state index is -4.20. The smallest absolute Gasteiger partial charge is 0.382 e. The van der Waals surface area contributed by atoms with Crippen LogP contribution in [0.15, 0.2) is 54.6 Å². The topological polar surface area (TPSA) is 76.3 Å². The summed E-state index contributed by atoms with van der Waals surface area (Å²) in [6, 6.07) is 14.2. The first-order valence-corrected chi connectivity index (χ1v) is 15.2. The number of H-pyrrole nitrogens is 1. The maximum Gasteiger partial charge on any atom is 0.391 e. The first-order valence-electron chi connectivity index (χ1n) is 15.2. The van der Waals surface area contributed by atoms with Gasteiger partial charge in [0, 0.05) is 55.0 Å². The lowest BCUT2D eigenvalue weighted by molar-refractivity contribution is -0.182. The van der Waals surface area contributed by atoms with E-state index in [1.807, 2.05) is 24.3 Å². The van der Waals surface area contributed by atoms with E-state index in [0.717, 1.165) is 43.5 Å². The second kappa shape index (κ2) is 12.7. The van der Waals surface area contributed by atoms with Gasteiger partial charge in [-0.3, -0.25) is 9.89 Å². The van der Waals surface area contributed by atoms with Gasteiger partial charge in [0.25, 0.3) is 5.91 Å². The van der Waals surface area contributed by atoms with Crippen LogP contribution in [-0.4, -0.2) is 66.4 Å². The highest BCUT2D eigenvalue weighted by atomic mass is 19.4. The van der Waals surface area contributed by atoms with Crippen LogP contribution < -0.4 is 15.5 Å². The summed E-state index contributed by atoms with van der Waals surface area (Å²) in [6.07, 6.45) is -3.12. The molecule has 2 aliphatic rings. The second-order valence-corrected chi connectivity index (χ2v) is 12.1. The van der Waals surface area contributed by atoms with Crippen molar-refractivity contribution in [2.24, 2.45) is 5.92 Å². The Labute approximate surface area is 257 Å². The van der Waals surface area contributed by atoms with E-state index in [4.69, 9.17) is 0 Å². The summed E-state index contributed by atoms with van der Waals surface area (Å²) in [5, 5.41) is 14.1. The fourth-order valence-corrected chi connectivity index (χ4v) is 6.29. The average Bonchev–Trinajstić information content (AvgIpc) is 3.38. The Morgan fingerprint density at radius 2 is 1.62 bits per heavy atom. The molecule has 3 aromatic carbocycles. The minimum Gasteiger partial charge on any atom is -0.382 e. The molecule has 6 rings (SSSR count). The number of carbonyl (C=O) groups excluding carboxylic acids is 1. The number of rotatable bonds is 7. The van der Waals surface area contributed by atoms with Crippen molar-refractivity contribution in [1.82, 2.24) is 15.1 Å². The van der Waals surface area contributed by atoms with E-state index in [-0.39, 0.29) is 25.3 Å². The van der Waals surface area contributed by atoms with Crippen molar-refractivity contribution in [3.05, 3.63) is 82.9 Å². The van der Waals surface area contributed by atoms with Crippen molar-refractivity contribution in [2.75, 3.05) is 48.8 Å². The number of hydrogen-bond acceptors (Lipinski definition) is 5. The van der Waals surface area contributed by atoms with Crippen LogP contribution in [0.1, 0.15) is 47.2 Å². The maximum atomic E-state index is 13.7. The number of amides is 1. The molecule has 0 unspecified atom stereocenters. The average molecular weight is 627 g/mol. The SMILES string of the molecule is CN1CCN(c2ccc(C(=O)Nc3n[nH]c4ccc(Cc5cc(F)cc(F)c5)cc34)c(N[C@H]3CC[C@H](C(F)(F)F)CC3)c2)CC1. The number of alkyl halides is 3. The van der Waals surface area contributed by atoms with Gasteiger partial charge in [0.15, 0.2) is 5.82 Å². The van der Waals surface area contributed by atoms with Crippen LogP contribution in [0.5, 0.6) is 0 Å². The molecule has 1 aliphatic heterocycles. The van der Waals surface area contributed by atoms with Gasteiger partial charge in [-0.25, -0.2) is 8.78 Å². The molecule has 1 amide bonds. The normalized spacial score (nSPS) is 19.6. The predicted molar refractivity (Wildman–Crippen MR) is 165 cm³/mol. The van der Waals surface area contributed by atoms with Gasteiger partial charge in [0.2, 0.25) is 0 Å². The number of anilines is 3. The van der Waals surface area contributed by atoms with Crippen molar-refractivity contribution >= 4 is 34.0 Å². The zero-order valence-corrected chi connectivity index (χ0v) is 24.9. The first-order chi connectivity index (χ1) is 21.5. The summed E-state index contributed by atoms with van der Waals surface area (Å²) < 4.78 is 67.3. The molecule has 3 N–H and O–H groups in total. The van der Waals surface area contributed by atoms with Crippen molar-refractivity contribution in [3.63, 3.8) is 0 Å². The fourth-order valence-electron chi connectivity index (χ4n) is 6.29. The molecular formula is C33H35F5N6O. The molecule has 0 radical (unpaired) electrons. The molecule has 12 heteroatoms. The molecule has 2 fully saturated rings. The molecule has 4 aromatic rings. The van der Waals surface area contributed by atoms with Gasteiger partial charge in [-0.15, -0.1) is 0 Å². The van der Waals surface area contributed by atoms with Crippen LogP contribution >= 0.6 is 0 Å². The Hall–Kier alpha value is -4.19. The lowest BCUT2D eigenvalue weighted by Gasteiger charge is -2.35. The van der Waals surface area contributed by atoms with Gasteiger partial charge in [-0.2, -0.15) is 18.3 Å². The van der Waals surface area contributed by atoms with Crippen LogP contribution in [0.2, 0.25) is 0 Å². The third kappa shape index (κ3) is 7.22. The summed E-state index contributed by atoms with van der Waals surface area (Å²) >= 11 is 0. The molecule has 2 heterocycles. The summed E-state index contributed by atoms with van der Waals surface area (Å²) in [6.45, 7) is 3.44. The molecule has 0 bridgehead atoms. The number of aromatic nitrogens is 2. The molecule has 0 atom stereocenters. The van der Waals surface area contributed by atoms with E-state index in [1.165, 1.54) is 12.1 Å². The number of likely N-dealkylation sites (N-methyl/N-ethyl adjacent to an activating group) is 1. The van der Waals surface area contributed by atoms with Crippen LogP contribution in [0.25, 0.3) is 10.9 Å². The summed E-state index contributed by atoms with van der Waals surface area (Å²) in [4.78, 5) is 18.2. The highest BCUT2D eigenvalue weighted by Gasteiger charge is 2.41. The highest BCUT2D eigenvalue weighted by molar-refractivity contribution is 6.11. The summed E-state index contributed by atoms with van der Waals surface area (Å²) in [5.74, 6) is -2.73. The molecule has 0 spiro atoms. The Bertz CT molecular complexity index is 1650. The Balaban J connectivity index is 1.24. The zero-order valence-electron chi connectivity index (χ0n) is 24.9. The van der Waals surface area contributed by atoms with Crippen molar-refractivity contribution in [1.29, 1.82) is 0 Å². The molecule has 1 saturated carbocycles. The molecule has 45 heavy (non-hydrogen) atoms. The molecule has 238 valence electrons. The number of aromatic amines is 1. The molecule has 7 nitrogen and oxygen atoms in total. The largest absolute Gasteiger partial charge is 0.391 e. The van der Waals surface area contributed by atoms with E-state index in [2.05, 4.69) is 37.7 Å². The molecule has 1 saturated heterocycles. The van der Waals surface area contributed by atoms with E-state index in [0.29, 0.717) is 46.4 Å². The summed E-state index contributed by atoms with van der Waals surface area (Å²) in [7, 11) is 2.07. The Morgan fingerprint density at radius 1 is 0.911 bits per heavy atom. The van der Waals surface area contributed by atoms with Crippen molar-refractivity contribution in [2.45, 2.75) is 44.3 Å². The van der Waals surface area contributed by atoms with Gasteiger partial charge >= 0.3 is 6.18 Å². The van der Waals surface area contributed by atoms with E-state index < -0.39 is 29.6 Å². The number of halogens is 5. The number of fused-ring (bicyclic) bond motifs is 1. The van der Waals surface area contributed by atoms with Crippen molar-refractivity contribution in [3.8, 4) is 0 Å².